The molecule has 0 aliphatic rings. The van der Waals surface area contributed by atoms with Crippen molar-refractivity contribution in [2.75, 3.05) is 0 Å². The summed E-state index contributed by atoms with van der Waals surface area (Å²) in [7, 11) is 0. The van der Waals surface area contributed by atoms with Gasteiger partial charge in [0.1, 0.15) is 0 Å². The molecular weight excluding hydrogens is 142 g/mol. The minimum absolute atomic E-state index is 0.143. The van der Waals surface area contributed by atoms with Gasteiger partial charge in [-0.3, -0.25) is 0 Å². The highest BCUT2D eigenvalue weighted by Gasteiger charge is 2.06. The van der Waals surface area contributed by atoms with E-state index in [2.05, 4.69) is 0 Å². The second-order valence-electron chi connectivity index (χ2n) is 2.66. The average Bonchev–Trinajstić information content (AvgIpc) is 1.98. The molecule has 3 N–H and O–H groups in total. The van der Waals surface area contributed by atoms with Gasteiger partial charge >= 0.3 is 5.97 Å². The van der Waals surface area contributed by atoms with E-state index in [1.165, 1.54) is 6.08 Å². The lowest BCUT2D eigenvalue weighted by atomic mass is 10.00. The molecule has 11 heavy (non-hydrogen) atoms. The summed E-state index contributed by atoms with van der Waals surface area (Å²) in [6, 6.07) is -0.143. The van der Waals surface area contributed by atoms with Crippen molar-refractivity contribution >= 4 is 5.97 Å². The molecule has 3 heteroatoms. The zero-order valence-corrected chi connectivity index (χ0v) is 6.95. The molecule has 0 aromatic carbocycles. The molecule has 0 saturated heterocycles. The maximum Gasteiger partial charge on any atom is 0.328 e. The molecule has 0 saturated carbocycles. The summed E-state index contributed by atoms with van der Waals surface area (Å²) in [6.07, 6.45) is 3.58. The fourth-order valence-electron chi connectivity index (χ4n) is 0.655. The highest BCUT2D eigenvalue weighted by Crippen LogP contribution is 2.05. The topological polar surface area (TPSA) is 63.3 Å². The van der Waals surface area contributed by atoms with Crippen molar-refractivity contribution in [3.05, 3.63) is 12.2 Å². The third kappa shape index (κ3) is 4.56. The molecule has 0 heterocycles. The Morgan fingerprint density at radius 2 is 2.27 bits per heavy atom. The molecule has 0 unspecified atom stereocenters. The summed E-state index contributed by atoms with van der Waals surface area (Å²) in [5, 5.41) is 8.27. The molecule has 0 aliphatic heterocycles. The normalized spacial score (nSPS) is 16.6. The first-order valence-electron chi connectivity index (χ1n) is 3.74. The van der Waals surface area contributed by atoms with Gasteiger partial charge in [0.15, 0.2) is 0 Å². The van der Waals surface area contributed by atoms with E-state index in [-0.39, 0.29) is 6.04 Å². The van der Waals surface area contributed by atoms with Gasteiger partial charge < -0.3 is 10.8 Å². The lowest BCUT2D eigenvalue weighted by Gasteiger charge is -2.12. The van der Waals surface area contributed by atoms with Gasteiger partial charge in [0.25, 0.3) is 0 Å². The molecule has 0 rings (SSSR count). The summed E-state index contributed by atoms with van der Waals surface area (Å²) in [5.74, 6) is -0.602. The van der Waals surface area contributed by atoms with Crippen LogP contribution in [-0.4, -0.2) is 17.1 Å². The van der Waals surface area contributed by atoms with Crippen LogP contribution in [0.2, 0.25) is 0 Å². The van der Waals surface area contributed by atoms with Crippen molar-refractivity contribution in [1.29, 1.82) is 0 Å². The Hall–Kier alpha value is -0.830. The molecule has 0 aliphatic carbocycles. The van der Waals surface area contributed by atoms with Gasteiger partial charge in [0.2, 0.25) is 0 Å². The Bertz CT molecular complexity index is 154. The van der Waals surface area contributed by atoms with Gasteiger partial charge in [-0.25, -0.2) is 4.79 Å². The smallest absolute Gasteiger partial charge is 0.328 e. The van der Waals surface area contributed by atoms with Gasteiger partial charge in [0, 0.05) is 12.1 Å². The first kappa shape index (κ1) is 10.2. The standard InChI is InChI=1S/C8H15NO2/c1-3-6(2)7(9)4-5-8(10)11/h4-7H,3,9H2,1-2H3,(H,10,11)/b5-4+/t6-,7+/m0/s1. The van der Waals surface area contributed by atoms with Crippen molar-refractivity contribution < 1.29 is 9.90 Å². The number of carboxylic acids is 1. The monoisotopic (exact) mass is 157 g/mol. The molecule has 0 aromatic heterocycles. The molecule has 0 spiro atoms. The Morgan fingerprint density at radius 3 is 2.64 bits per heavy atom. The molecule has 0 fully saturated rings. The number of rotatable bonds is 4. The van der Waals surface area contributed by atoms with Crippen LogP contribution in [0, 0.1) is 5.92 Å². The maximum absolute atomic E-state index is 10.1. The van der Waals surface area contributed by atoms with E-state index in [9.17, 15) is 4.79 Å². The van der Waals surface area contributed by atoms with Crippen LogP contribution in [0.3, 0.4) is 0 Å². The first-order valence-corrected chi connectivity index (χ1v) is 3.74. The molecular formula is C8H15NO2. The summed E-state index contributed by atoms with van der Waals surface area (Å²) >= 11 is 0. The fraction of sp³-hybridized carbons (Fsp3) is 0.625. The highest BCUT2D eigenvalue weighted by molar-refractivity contribution is 5.79. The van der Waals surface area contributed by atoms with E-state index < -0.39 is 5.97 Å². The number of hydrogen-bond donors (Lipinski definition) is 2. The predicted molar refractivity (Wildman–Crippen MR) is 44.2 cm³/mol. The number of aliphatic carboxylic acids is 1. The van der Waals surface area contributed by atoms with E-state index in [0.717, 1.165) is 12.5 Å². The number of carbonyl (C=O) groups is 1. The highest BCUT2D eigenvalue weighted by atomic mass is 16.4. The zero-order chi connectivity index (χ0) is 8.85. The minimum atomic E-state index is -0.941. The predicted octanol–water partition coefficient (Wildman–Crippen LogP) is 1.00. The average molecular weight is 157 g/mol. The molecule has 64 valence electrons. The van der Waals surface area contributed by atoms with Crippen molar-refractivity contribution in [1.82, 2.24) is 0 Å². The lowest BCUT2D eigenvalue weighted by Crippen LogP contribution is -2.25. The summed E-state index contributed by atoms with van der Waals surface area (Å²) in [4.78, 5) is 10.1. The maximum atomic E-state index is 10.1. The van der Waals surface area contributed by atoms with E-state index >= 15 is 0 Å². The lowest BCUT2D eigenvalue weighted by molar-refractivity contribution is -0.131. The third-order valence-corrected chi connectivity index (χ3v) is 1.76. The Labute approximate surface area is 66.9 Å². The SMILES string of the molecule is CC[C@H](C)[C@H](N)/C=C/C(=O)O. The Balaban J connectivity index is 3.85. The molecule has 0 aromatic rings. The van der Waals surface area contributed by atoms with Gasteiger partial charge in [-0.15, -0.1) is 0 Å². The Kier molecular flexibility index (Phi) is 4.54. The molecule has 0 radical (unpaired) electrons. The van der Waals surface area contributed by atoms with E-state index in [4.69, 9.17) is 10.8 Å². The molecule has 2 atom stereocenters. The molecule has 3 nitrogen and oxygen atoms in total. The van der Waals surface area contributed by atoms with Gasteiger partial charge in [0.05, 0.1) is 0 Å². The van der Waals surface area contributed by atoms with E-state index in [1.807, 2.05) is 13.8 Å². The van der Waals surface area contributed by atoms with Gasteiger partial charge in [-0.1, -0.05) is 26.3 Å². The van der Waals surface area contributed by atoms with Crippen molar-refractivity contribution in [2.24, 2.45) is 11.7 Å². The van der Waals surface area contributed by atoms with Crippen LogP contribution in [0.25, 0.3) is 0 Å². The summed E-state index contributed by atoms with van der Waals surface area (Å²) < 4.78 is 0. The Morgan fingerprint density at radius 1 is 1.73 bits per heavy atom. The van der Waals surface area contributed by atoms with Crippen molar-refractivity contribution in [3.8, 4) is 0 Å². The number of carboxylic acid groups (broad SMARTS) is 1. The minimum Gasteiger partial charge on any atom is -0.478 e. The van der Waals surface area contributed by atoms with Crippen LogP contribution in [0.15, 0.2) is 12.2 Å². The first-order chi connectivity index (χ1) is 5.07. The molecule has 0 amide bonds. The van der Waals surface area contributed by atoms with Crippen LogP contribution >= 0.6 is 0 Å². The van der Waals surface area contributed by atoms with Gasteiger partial charge in [-0.05, 0) is 5.92 Å². The zero-order valence-electron chi connectivity index (χ0n) is 6.95. The van der Waals surface area contributed by atoms with Crippen LogP contribution < -0.4 is 5.73 Å². The largest absolute Gasteiger partial charge is 0.478 e. The second kappa shape index (κ2) is 4.91. The van der Waals surface area contributed by atoms with Gasteiger partial charge in [-0.2, -0.15) is 0 Å². The van der Waals surface area contributed by atoms with Crippen molar-refractivity contribution in [3.63, 3.8) is 0 Å². The van der Waals surface area contributed by atoms with E-state index in [0.29, 0.717) is 5.92 Å². The number of hydrogen-bond acceptors (Lipinski definition) is 2. The van der Waals surface area contributed by atoms with Crippen LogP contribution in [0.1, 0.15) is 20.3 Å². The fourth-order valence-corrected chi connectivity index (χ4v) is 0.655. The quantitative estimate of drug-likeness (QED) is 0.598. The summed E-state index contributed by atoms with van der Waals surface area (Å²) in [5.41, 5.74) is 5.63. The summed E-state index contributed by atoms with van der Waals surface area (Å²) in [6.45, 7) is 4.02. The van der Waals surface area contributed by atoms with Crippen LogP contribution in [0.5, 0.6) is 0 Å². The van der Waals surface area contributed by atoms with E-state index in [1.54, 1.807) is 0 Å². The molecule has 0 bridgehead atoms. The van der Waals surface area contributed by atoms with Crippen LogP contribution in [-0.2, 0) is 4.79 Å². The van der Waals surface area contributed by atoms with Crippen LogP contribution in [0.4, 0.5) is 0 Å². The number of nitrogens with two attached hydrogens (primary N) is 1. The second-order valence-corrected chi connectivity index (χ2v) is 2.66. The third-order valence-electron chi connectivity index (χ3n) is 1.76. The van der Waals surface area contributed by atoms with Crippen molar-refractivity contribution in [2.45, 2.75) is 26.3 Å².